The highest BCUT2D eigenvalue weighted by atomic mass is 35.5. The number of fused-ring (bicyclic) bond motifs is 1. The Bertz CT molecular complexity index is 1720. The van der Waals surface area contributed by atoms with E-state index in [0.29, 0.717) is 11.4 Å². The number of hydrogen-bond acceptors (Lipinski definition) is 7. The molecule has 0 aliphatic rings. The number of nitrogens with zero attached hydrogens (tertiary/aromatic N) is 6. The van der Waals surface area contributed by atoms with Crippen LogP contribution in [0.15, 0.2) is 59.5 Å². The van der Waals surface area contributed by atoms with Gasteiger partial charge in [0.05, 0.1) is 22.5 Å². The van der Waals surface area contributed by atoms with Crippen molar-refractivity contribution in [3.63, 3.8) is 0 Å². The summed E-state index contributed by atoms with van der Waals surface area (Å²) in [5.74, 6) is -1.22. The van der Waals surface area contributed by atoms with Crippen molar-refractivity contribution in [2.45, 2.75) is 6.92 Å². The number of anilines is 1. The van der Waals surface area contributed by atoms with E-state index in [2.05, 4.69) is 25.5 Å². The normalized spacial score (nSPS) is 11.1. The molecule has 1 amide bonds. The Balaban J connectivity index is 1.59. The number of benzene rings is 2. The Morgan fingerprint density at radius 3 is 2.64 bits per heavy atom. The van der Waals surface area contributed by atoms with E-state index in [1.165, 1.54) is 58.0 Å². The second-order valence-electron chi connectivity index (χ2n) is 7.62. The number of rotatable bonds is 5. The quantitative estimate of drug-likeness (QED) is 0.272. The highest BCUT2D eigenvalue weighted by molar-refractivity contribution is 6.31. The third-order valence-electron chi connectivity index (χ3n) is 5.17. The topological polar surface area (TPSA) is 154 Å². The molecule has 0 radical (unpaired) electrons. The summed E-state index contributed by atoms with van der Waals surface area (Å²) in [5, 5.41) is 22.7. The predicted molar refractivity (Wildman–Crippen MR) is 127 cm³/mol. The number of hydrogen-bond donors (Lipinski definition) is 2. The summed E-state index contributed by atoms with van der Waals surface area (Å²) in [6.07, 6.45) is 1.32. The van der Waals surface area contributed by atoms with Crippen LogP contribution in [0.4, 0.5) is 15.9 Å². The molecule has 36 heavy (non-hydrogen) atoms. The van der Waals surface area contributed by atoms with Gasteiger partial charge in [0.15, 0.2) is 5.65 Å². The number of aryl methyl sites for hydroxylation is 1. The van der Waals surface area contributed by atoms with E-state index in [1.807, 2.05) is 0 Å². The SMILES string of the molecule is Cc1cc(NC(=O)c2cc(Cl)ccc2[N+](=O)[O-])n(-c2nc3c(cnn3-c3ccc(F)cc3)c(=O)[nH]2)n1. The molecule has 0 bridgehead atoms. The zero-order valence-electron chi connectivity index (χ0n) is 18.3. The van der Waals surface area contributed by atoms with Crippen molar-refractivity contribution >= 4 is 40.0 Å². The number of nitrogens with one attached hydrogen (secondary N) is 2. The van der Waals surface area contributed by atoms with Crippen molar-refractivity contribution in [2.75, 3.05) is 5.32 Å². The van der Waals surface area contributed by atoms with Crippen LogP contribution in [0, 0.1) is 22.9 Å². The van der Waals surface area contributed by atoms with Crippen LogP contribution in [0.3, 0.4) is 0 Å². The molecule has 2 N–H and O–H groups in total. The molecule has 12 nitrogen and oxygen atoms in total. The van der Waals surface area contributed by atoms with Gasteiger partial charge in [-0.15, -0.1) is 0 Å². The fourth-order valence-corrected chi connectivity index (χ4v) is 3.73. The first-order valence-electron chi connectivity index (χ1n) is 10.3. The first-order valence-corrected chi connectivity index (χ1v) is 10.7. The molecule has 14 heteroatoms. The molecule has 0 spiro atoms. The molecule has 0 fully saturated rings. The van der Waals surface area contributed by atoms with Gasteiger partial charge in [0.1, 0.15) is 22.6 Å². The first kappa shape index (κ1) is 22.9. The first-order chi connectivity index (χ1) is 17.2. The molecule has 3 aromatic heterocycles. The third-order valence-corrected chi connectivity index (χ3v) is 5.41. The Kier molecular flexibility index (Phi) is 5.53. The molecule has 2 aromatic carbocycles. The predicted octanol–water partition coefficient (Wildman–Crippen LogP) is 3.56. The van der Waals surface area contributed by atoms with Crippen molar-refractivity contribution in [2.24, 2.45) is 0 Å². The maximum atomic E-state index is 13.4. The monoisotopic (exact) mass is 508 g/mol. The molecule has 0 saturated heterocycles. The molecule has 5 rings (SSSR count). The lowest BCUT2D eigenvalue weighted by molar-refractivity contribution is -0.385. The van der Waals surface area contributed by atoms with Gasteiger partial charge in [-0.3, -0.25) is 24.7 Å². The van der Waals surface area contributed by atoms with Gasteiger partial charge in [0, 0.05) is 17.2 Å². The lowest BCUT2D eigenvalue weighted by Crippen LogP contribution is -2.19. The molecule has 0 atom stereocenters. The standard InChI is InChI=1S/C22H14ClFN8O4/c1-11-8-18(26-20(33)15-9-12(23)2-7-17(15)32(35)36)31(29-11)22-27-19-16(21(34)28-22)10-25-30(19)14-5-3-13(24)4-6-14/h2-10H,1H3,(H,26,33)(H,27,28,34). The van der Waals surface area contributed by atoms with Gasteiger partial charge in [-0.1, -0.05) is 11.6 Å². The van der Waals surface area contributed by atoms with Crippen molar-refractivity contribution in [1.82, 2.24) is 29.5 Å². The summed E-state index contributed by atoms with van der Waals surface area (Å²) in [6, 6.07) is 10.6. The van der Waals surface area contributed by atoms with Crippen LogP contribution in [-0.2, 0) is 0 Å². The zero-order valence-corrected chi connectivity index (χ0v) is 19.0. The van der Waals surface area contributed by atoms with E-state index in [1.54, 1.807) is 6.92 Å². The smallest absolute Gasteiger partial charge is 0.282 e. The van der Waals surface area contributed by atoms with E-state index in [-0.39, 0.29) is 33.4 Å². The number of aromatic nitrogens is 6. The minimum absolute atomic E-state index is 0.0552. The van der Waals surface area contributed by atoms with Gasteiger partial charge in [-0.2, -0.15) is 19.9 Å². The number of nitro groups is 1. The molecule has 180 valence electrons. The number of carbonyl (C=O) groups excluding carboxylic acids is 1. The Morgan fingerprint density at radius 2 is 1.92 bits per heavy atom. The molecule has 0 unspecified atom stereocenters. The van der Waals surface area contributed by atoms with Crippen LogP contribution >= 0.6 is 11.6 Å². The Hall–Kier alpha value is -4.91. The van der Waals surface area contributed by atoms with Crippen molar-refractivity contribution < 1.29 is 14.1 Å². The van der Waals surface area contributed by atoms with Crippen LogP contribution in [0.1, 0.15) is 16.1 Å². The second-order valence-corrected chi connectivity index (χ2v) is 8.05. The number of halogens is 2. The van der Waals surface area contributed by atoms with Crippen LogP contribution in [0.5, 0.6) is 0 Å². The van der Waals surface area contributed by atoms with E-state index >= 15 is 0 Å². The van der Waals surface area contributed by atoms with Crippen LogP contribution in [0.2, 0.25) is 5.02 Å². The largest absolute Gasteiger partial charge is 0.306 e. The maximum absolute atomic E-state index is 13.4. The average Bonchev–Trinajstić information content (AvgIpc) is 3.43. The number of carbonyl (C=O) groups is 1. The van der Waals surface area contributed by atoms with E-state index in [0.717, 1.165) is 6.07 Å². The molecule has 3 heterocycles. The van der Waals surface area contributed by atoms with Gasteiger partial charge in [-0.25, -0.2) is 9.07 Å². The van der Waals surface area contributed by atoms with Gasteiger partial charge in [0.25, 0.3) is 17.2 Å². The van der Waals surface area contributed by atoms with Gasteiger partial charge in [0.2, 0.25) is 5.95 Å². The highest BCUT2D eigenvalue weighted by Crippen LogP contribution is 2.25. The summed E-state index contributed by atoms with van der Waals surface area (Å²) in [6.45, 7) is 1.65. The Labute approximate surface area is 205 Å². The fraction of sp³-hybridized carbons (Fsp3) is 0.0455. The van der Waals surface area contributed by atoms with Gasteiger partial charge < -0.3 is 5.32 Å². The van der Waals surface area contributed by atoms with Crippen molar-refractivity contribution in [3.05, 3.63) is 97.3 Å². The van der Waals surface area contributed by atoms with E-state index in [4.69, 9.17) is 11.6 Å². The third kappa shape index (κ3) is 4.07. The van der Waals surface area contributed by atoms with Crippen LogP contribution in [-0.4, -0.2) is 40.4 Å². The Morgan fingerprint density at radius 1 is 1.17 bits per heavy atom. The molecular weight excluding hydrogens is 495 g/mol. The summed E-state index contributed by atoms with van der Waals surface area (Å²) in [5.41, 5.74) is -0.134. The van der Waals surface area contributed by atoms with Gasteiger partial charge in [-0.05, 0) is 43.3 Å². The minimum atomic E-state index is -0.815. The van der Waals surface area contributed by atoms with Crippen molar-refractivity contribution in [1.29, 1.82) is 0 Å². The lowest BCUT2D eigenvalue weighted by Gasteiger charge is -2.09. The summed E-state index contributed by atoms with van der Waals surface area (Å²) in [4.78, 5) is 43.4. The van der Waals surface area contributed by atoms with Crippen LogP contribution in [0.25, 0.3) is 22.7 Å². The maximum Gasteiger partial charge on any atom is 0.282 e. The van der Waals surface area contributed by atoms with Gasteiger partial charge >= 0.3 is 0 Å². The molecule has 0 aliphatic heterocycles. The number of H-pyrrole nitrogens is 1. The lowest BCUT2D eigenvalue weighted by atomic mass is 10.1. The number of amides is 1. The van der Waals surface area contributed by atoms with Crippen molar-refractivity contribution in [3.8, 4) is 11.6 Å². The number of nitro benzene ring substituents is 1. The number of aromatic amines is 1. The minimum Gasteiger partial charge on any atom is -0.306 e. The zero-order chi connectivity index (χ0) is 25.6. The summed E-state index contributed by atoms with van der Waals surface area (Å²) >= 11 is 5.94. The summed E-state index contributed by atoms with van der Waals surface area (Å²) < 4.78 is 15.9. The molecular formula is C22H14ClFN8O4. The van der Waals surface area contributed by atoms with E-state index < -0.39 is 27.9 Å². The molecule has 0 aliphatic carbocycles. The molecule has 5 aromatic rings. The average molecular weight is 509 g/mol. The summed E-state index contributed by atoms with van der Waals surface area (Å²) in [7, 11) is 0. The molecule has 0 saturated carbocycles. The second kappa shape index (κ2) is 8.70. The fourth-order valence-electron chi connectivity index (χ4n) is 3.56. The highest BCUT2D eigenvalue weighted by Gasteiger charge is 2.23. The van der Waals surface area contributed by atoms with E-state index in [9.17, 15) is 24.1 Å². The van der Waals surface area contributed by atoms with Crippen LogP contribution < -0.4 is 10.9 Å².